The van der Waals surface area contributed by atoms with Crippen molar-refractivity contribution in [3.63, 3.8) is 0 Å². The fraction of sp³-hybridized carbons (Fsp3) is 0.167. The van der Waals surface area contributed by atoms with Crippen molar-refractivity contribution in [1.29, 1.82) is 0 Å². The highest BCUT2D eigenvalue weighted by Gasteiger charge is 2.15. The van der Waals surface area contributed by atoms with Crippen LogP contribution in [0.15, 0.2) is 35.5 Å². The van der Waals surface area contributed by atoms with E-state index in [4.69, 9.17) is 14.3 Å². The van der Waals surface area contributed by atoms with Crippen LogP contribution in [0.25, 0.3) is 10.2 Å². The molecular weight excluding hydrogens is 392 g/mol. The quantitative estimate of drug-likeness (QED) is 0.517. The van der Waals surface area contributed by atoms with Crippen molar-refractivity contribution >= 4 is 38.3 Å². The number of hydrogen-bond donors (Lipinski definition) is 1. The summed E-state index contributed by atoms with van der Waals surface area (Å²) in [7, 11) is 0. The predicted octanol–water partition coefficient (Wildman–Crippen LogP) is 3.68. The van der Waals surface area contributed by atoms with Gasteiger partial charge >= 0.3 is 0 Å². The van der Waals surface area contributed by atoms with Gasteiger partial charge in [0.2, 0.25) is 6.79 Å². The molecule has 0 bridgehead atoms. The number of nitrogens with zero attached hydrogens (tertiary/aromatic N) is 2. The van der Waals surface area contributed by atoms with Gasteiger partial charge in [-0.3, -0.25) is 10.1 Å². The molecule has 0 spiro atoms. The second-order valence-corrected chi connectivity index (χ2v) is 6.85. The van der Waals surface area contributed by atoms with E-state index >= 15 is 0 Å². The van der Waals surface area contributed by atoms with E-state index in [2.05, 4.69) is 15.5 Å². The molecular formula is C18H13F2N3O4S. The number of thiazole rings is 1. The lowest BCUT2D eigenvalue weighted by Crippen LogP contribution is -2.17. The Morgan fingerprint density at radius 3 is 2.89 bits per heavy atom. The van der Waals surface area contributed by atoms with E-state index in [0.717, 1.165) is 29.0 Å². The predicted molar refractivity (Wildman–Crippen MR) is 98.9 cm³/mol. The minimum absolute atomic E-state index is 0.177. The second-order valence-electron chi connectivity index (χ2n) is 5.82. The molecule has 7 nitrogen and oxygen atoms in total. The Morgan fingerprint density at radius 1 is 1.25 bits per heavy atom. The minimum atomic E-state index is -0.993. The number of rotatable bonds is 5. The lowest BCUT2D eigenvalue weighted by atomic mass is 10.1. The van der Waals surface area contributed by atoms with Crippen molar-refractivity contribution in [3.05, 3.63) is 47.5 Å². The molecule has 1 N–H and O–H groups in total. The van der Waals surface area contributed by atoms with Crippen LogP contribution in [0, 0.1) is 11.6 Å². The first kappa shape index (κ1) is 18.1. The molecule has 0 fully saturated rings. The van der Waals surface area contributed by atoms with Gasteiger partial charge in [0.05, 0.1) is 15.9 Å². The molecule has 3 aromatic rings. The smallest absolute Gasteiger partial charge is 0.266 e. The van der Waals surface area contributed by atoms with Crippen molar-refractivity contribution in [2.75, 3.05) is 18.7 Å². The number of amides is 1. The number of ether oxygens (including phenoxy) is 2. The lowest BCUT2D eigenvalue weighted by molar-refractivity contribution is -0.120. The average Bonchev–Trinajstić information content (AvgIpc) is 3.27. The van der Waals surface area contributed by atoms with Crippen LogP contribution in [0.2, 0.25) is 0 Å². The second kappa shape index (κ2) is 7.39. The van der Waals surface area contributed by atoms with Crippen molar-refractivity contribution in [2.45, 2.75) is 6.92 Å². The average molecular weight is 405 g/mol. The van der Waals surface area contributed by atoms with Crippen molar-refractivity contribution in [1.82, 2.24) is 4.98 Å². The maximum absolute atomic E-state index is 13.2. The van der Waals surface area contributed by atoms with Gasteiger partial charge in [0.1, 0.15) is 0 Å². The van der Waals surface area contributed by atoms with Gasteiger partial charge in [-0.1, -0.05) is 16.5 Å². The van der Waals surface area contributed by atoms with Crippen LogP contribution in [0.1, 0.15) is 12.5 Å². The zero-order valence-electron chi connectivity index (χ0n) is 14.5. The molecule has 1 aromatic heterocycles. The number of fused-ring (bicyclic) bond motifs is 2. The van der Waals surface area contributed by atoms with Gasteiger partial charge in [0, 0.05) is 11.6 Å². The number of nitrogens with one attached hydrogen (secondary N) is 1. The summed E-state index contributed by atoms with van der Waals surface area (Å²) in [5.74, 6) is -1.18. The fourth-order valence-corrected chi connectivity index (χ4v) is 3.38. The lowest BCUT2D eigenvalue weighted by Gasteiger charge is -2.04. The molecule has 1 amide bonds. The number of hydrogen-bond acceptors (Lipinski definition) is 7. The first-order chi connectivity index (χ1) is 13.5. The van der Waals surface area contributed by atoms with Crippen LogP contribution >= 0.6 is 11.3 Å². The number of anilines is 1. The van der Waals surface area contributed by atoms with Crippen LogP contribution in [-0.2, 0) is 9.63 Å². The third-order valence-electron chi connectivity index (χ3n) is 3.86. The Morgan fingerprint density at radius 2 is 2.04 bits per heavy atom. The molecule has 0 saturated carbocycles. The summed E-state index contributed by atoms with van der Waals surface area (Å²) in [6.45, 7) is 1.56. The molecule has 0 radical (unpaired) electrons. The SMILES string of the molecule is C/C(=N\OCC(=O)Nc1nc2cc(F)c(F)cc2s1)c1ccc2c(c1)OCO2. The molecule has 0 unspecified atom stereocenters. The molecule has 28 heavy (non-hydrogen) atoms. The zero-order valence-corrected chi connectivity index (χ0v) is 15.3. The topological polar surface area (TPSA) is 82.0 Å². The molecule has 0 aliphatic carbocycles. The van der Waals surface area contributed by atoms with Crippen molar-refractivity contribution in [2.24, 2.45) is 5.16 Å². The third kappa shape index (κ3) is 3.72. The van der Waals surface area contributed by atoms with Gasteiger partial charge in [-0.15, -0.1) is 0 Å². The summed E-state index contributed by atoms with van der Waals surface area (Å²) in [4.78, 5) is 21.1. The molecule has 2 aromatic carbocycles. The summed E-state index contributed by atoms with van der Waals surface area (Å²) < 4.78 is 37.4. The summed E-state index contributed by atoms with van der Waals surface area (Å²) in [6.07, 6.45) is 0. The van der Waals surface area contributed by atoms with E-state index in [-0.39, 0.29) is 24.0 Å². The number of aromatic nitrogens is 1. The monoisotopic (exact) mass is 405 g/mol. The largest absolute Gasteiger partial charge is 0.454 e. The molecule has 0 saturated heterocycles. The van der Waals surface area contributed by atoms with Crippen molar-refractivity contribution < 1.29 is 27.9 Å². The minimum Gasteiger partial charge on any atom is -0.454 e. The maximum Gasteiger partial charge on any atom is 0.266 e. The van der Waals surface area contributed by atoms with Gasteiger partial charge < -0.3 is 14.3 Å². The molecule has 1 aliphatic heterocycles. The fourth-order valence-electron chi connectivity index (χ4n) is 2.49. The van der Waals surface area contributed by atoms with E-state index in [1.54, 1.807) is 25.1 Å². The highest BCUT2D eigenvalue weighted by atomic mass is 32.1. The number of benzene rings is 2. The molecule has 1 aliphatic rings. The molecule has 0 atom stereocenters. The third-order valence-corrected chi connectivity index (χ3v) is 4.80. The Bertz CT molecular complexity index is 1060. The molecule has 2 heterocycles. The first-order valence-corrected chi connectivity index (χ1v) is 8.93. The first-order valence-electron chi connectivity index (χ1n) is 8.11. The summed E-state index contributed by atoms with van der Waals surface area (Å²) in [5.41, 5.74) is 1.58. The number of carbonyl (C=O) groups excluding carboxylic acids is 1. The normalized spacial score (nSPS) is 13.0. The zero-order chi connectivity index (χ0) is 19.7. The van der Waals surface area contributed by atoms with Crippen LogP contribution < -0.4 is 14.8 Å². The van der Waals surface area contributed by atoms with E-state index < -0.39 is 17.5 Å². The van der Waals surface area contributed by atoms with E-state index in [1.165, 1.54) is 0 Å². The molecule has 10 heteroatoms. The van der Waals surface area contributed by atoms with Crippen LogP contribution in [0.3, 0.4) is 0 Å². The van der Waals surface area contributed by atoms with Crippen molar-refractivity contribution in [3.8, 4) is 11.5 Å². The van der Waals surface area contributed by atoms with E-state index in [0.29, 0.717) is 21.9 Å². The highest BCUT2D eigenvalue weighted by molar-refractivity contribution is 7.22. The van der Waals surface area contributed by atoms with E-state index in [9.17, 15) is 13.6 Å². The number of halogens is 2. The number of oxime groups is 1. The molecule has 4 rings (SSSR count). The van der Waals surface area contributed by atoms with Gasteiger partial charge in [0.15, 0.2) is 34.9 Å². The summed E-state index contributed by atoms with van der Waals surface area (Å²) in [5, 5.41) is 6.63. The highest BCUT2D eigenvalue weighted by Crippen LogP contribution is 2.32. The van der Waals surface area contributed by atoms with Crippen LogP contribution in [0.4, 0.5) is 13.9 Å². The summed E-state index contributed by atoms with van der Waals surface area (Å²) >= 11 is 1.03. The maximum atomic E-state index is 13.2. The van der Waals surface area contributed by atoms with Gasteiger partial charge in [0.25, 0.3) is 5.91 Å². The van der Waals surface area contributed by atoms with Gasteiger partial charge in [-0.05, 0) is 31.2 Å². The van der Waals surface area contributed by atoms with Crippen LogP contribution in [0.5, 0.6) is 11.5 Å². The van der Waals surface area contributed by atoms with Gasteiger partial charge in [-0.2, -0.15) is 0 Å². The number of carbonyl (C=O) groups is 1. The Kier molecular flexibility index (Phi) is 4.78. The Hall–Kier alpha value is -3.27. The Balaban J connectivity index is 1.36. The molecule has 144 valence electrons. The van der Waals surface area contributed by atoms with E-state index in [1.807, 2.05) is 0 Å². The van der Waals surface area contributed by atoms with Gasteiger partial charge in [-0.25, -0.2) is 13.8 Å². The standard InChI is InChI=1S/C18H13F2N3O4S/c1-9(10-2-3-14-15(4-10)26-8-25-14)23-27-7-17(24)22-18-21-13-5-11(19)12(20)6-16(13)28-18/h2-6H,7-8H2,1H3,(H,21,22,24)/b23-9+. The Labute approximate surface area is 161 Å². The summed E-state index contributed by atoms with van der Waals surface area (Å²) in [6, 6.07) is 7.35. The van der Waals surface area contributed by atoms with Crippen LogP contribution in [-0.4, -0.2) is 30.0 Å².